The lowest BCUT2D eigenvalue weighted by molar-refractivity contribution is -0.140. The fraction of sp³-hybridized carbons (Fsp3) is 0.289. The van der Waals surface area contributed by atoms with Gasteiger partial charge in [0.15, 0.2) is 0 Å². The molecule has 0 aromatic heterocycles. The van der Waals surface area contributed by atoms with Crippen LogP contribution in [0.15, 0.2) is 97.1 Å². The normalized spacial score (nSPS) is 11.0. The summed E-state index contributed by atoms with van der Waals surface area (Å²) < 4.78 is 5.24. The van der Waals surface area contributed by atoms with E-state index >= 15 is 0 Å². The predicted molar refractivity (Wildman–Crippen MR) is 195 cm³/mol. The molecule has 1 atom stereocenters. The van der Waals surface area contributed by atoms with Crippen LogP contribution < -0.4 is 16.4 Å². The Hall–Kier alpha value is -4.60. The highest BCUT2D eigenvalue weighted by Crippen LogP contribution is 2.44. The van der Waals surface area contributed by atoms with Crippen molar-refractivity contribution in [3.8, 4) is 11.1 Å². The van der Waals surface area contributed by atoms with Crippen molar-refractivity contribution in [1.29, 1.82) is 0 Å². The maximum absolute atomic E-state index is 11.3. The first-order chi connectivity index (χ1) is 22.5. The zero-order valence-corrected chi connectivity index (χ0v) is 29.3. The maximum Gasteiger partial charge on any atom is 0.406 e. The van der Waals surface area contributed by atoms with Gasteiger partial charge in [-0.3, -0.25) is 4.79 Å². The molecular weight excluding hydrogens is 611 g/mol. The molecule has 4 aromatic carbocycles. The van der Waals surface area contributed by atoms with Crippen molar-refractivity contribution in [3.05, 3.63) is 130 Å². The van der Waals surface area contributed by atoms with E-state index in [1.807, 2.05) is 24.3 Å². The average molecular weight is 660 g/mol. The molecule has 4 aromatic rings. The largest absolute Gasteiger partial charge is 0.480 e. The highest BCUT2D eigenvalue weighted by atomic mass is 32.1. The lowest BCUT2D eigenvalue weighted by Gasteiger charge is -2.13. The minimum Gasteiger partial charge on any atom is -0.480 e. The molecule has 0 bridgehead atoms. The number of rotatable bonds is 5. The molecular formula is C38H49N3O5S. The summed E-state index contributed by atoms with van der Waals surface area (Å²) in [6, 6.07) is 32.4. The minimum absolute atomic E-state index is 0.106. The average Bonchev–Trinajstić information content (AvgIpc) is 3.40. The van der Waals surface area contributed by atoms with Crippen molar-refractivity contribution in [1.82, 2.24) is 10.6 Å². The van der Waals surface area contributed by atoms with Crippen LogP contribution in [0.5, 0.6) is 0 Å². The first-order valence-corrected chi connectivity index (χ1v) is 15.9. The van der Waals surface area contributed by atoms with Crippen LogP contribution in [0.1, 0.15) is 46.2 Å². The molecule has 5 rings (SSSR count). The van der Waals surface area contributed by atoms with Gasteiger partial charge in [-0.25, -0.2) is 9.59 Å². The van der Waals surface area contributed by atoms with E-state index in [1.165, 1.54) is 58.5 Å². The van der Waals surface area contributed by atoms with E-state index in [9.17, 15) is 14.4 Å². The summed E-state index contributed by atoms with van der Waals surface area (Å²) in [5, 5.41) is 13.0. The Labute approximate surface area is 285 Å². The minimum atomic E-state index is -1.06. The molecule has 47 heavy (non-hydrogen) atoms. The van der Waals surface area contributed by atoms with Gasteiger partial charge in [0.1, 0.15) is 12.6 Å². The molecule has 1 aliphatic rings. The predicted octanol–water partition coefficient (Wildman–Crippen LogP) is 6.84. The summed E-state index contributed by atoms with van der Waals surface area (Å²) >= 11 is 3.73. The maximum atomic E-state index is 11.3. The first-order valence-electron chi connectivity index (χ1n) is 15.3. The van der Waals surface area contributed by atoms with Gasteiger partial charge < -0.3 is 26.2 Å². The van der Waals surface area contributed by atoms with Gasteiger partial charge in [-0.15, -0.1) is 0 Å². The molecule has 252 valence electrons. The summed E-state index contributed by atoms with van der Waals surface area (Å²) in [6.07, 6.45) is -0.387. The van der Waals surface area contributed by atoms with Gasteiger partial charge in [-0.05, 0) is 79.3 Å². The molecule has 0 spiro atoms. The summed E-state index contributed by atoms with van der Waals surface area (Å²) in [7, 11) is 3.07. The molecule has 5 N–H and O–H groups in total. The van der Waals surface area contributed by atoms with Crippen LogP contribution in [0, 0.1) is 27.7 Å². The Balaban J connectivity index is 0.000000335. The second-order valence-electron chi connectivity index (χ2n) is 10.5. The van der Waals surface area contributed by atoms with Crippen molar-refractivity contribution < 1.29 is 24.2 Å². The Morgan fingerprint density at radius 1 is 0.745 bits per heavy atom. The van der Waals surface area contributed by atoms with Crippen molar-refractivity contribution in [2.45, 2.75) is 46.6 Å². The number of alkyl carbamates (subject to hydrolysis) is 1. The number of hydrogen-bond acceptors (Lipinski definition) is 6. The Morgan fingerprint density at radius 2 is 1.11 bits per heavy atom. The summed E-state index contributed by atoms with van der Waals surface area (Å²) in [5.74, 6) is -1.19. The Bertz CT molecular complexity index is 1430. The summed E-state index contributed by atoms with van der Waals surface area (Å²) in [6.45, 7) is 10.1. The zero-order chi connectivity index (χ0) is 35.4. The van der Waals surface area contributed by atoms with Gasteiger partial charge in [-0.2, -0.15) is 12.6 Å². The van der Waals surface area contributed by atoms with Crippen molar-refractivity contribution in [3.63, 3.8) is 0 Å². The lowest BCUT2D eigenvalue weighted by Crippen LogP contribution is -2.40. The van der Waals surface area contributed by atoms with E-state index in [0.717, 1.165) is 0 Å². The van der Waals surface area contributed by atoms with E-state index in [2.05, 4.69) is 129 Å². The number of nitrogens with two attached hydrogens (primary N) is 1. The molecule has 0 aliphatic heterocycles. The number of nitrogens with one attached hydrogen (secondary N) is 2. The molecule has 0 radical (unpaired) electrons. The van der Waals surface area contributed by atoms with Crippen LogP contribution in [-0.4, -0.2) is 55.6 Å². The smallest absolute Gasteiger partial charge is 0.406 e. The number of thiol groups is 1. The molecule has 0 saturated carbocycles. The number of ether oxygens (including phenoxy) is 1. The number of hydrogen-bond donors (Lipinski definition) is 5. The molecule has 1 aliphatic carbocycles. The van der Waals surface area contributed by atoms with E-state index in [0.29, 0.717) is 6.61 Å². The standard InChI is InChI=1S/C16H15NO2.2C8H10.C5H9NO3S.CH5N/c1-17-16(18)19-10-15-13-8-4-2-6-11(13)12-7-3-5-9-14(12)15;2*1-7-5-3-4-6-8(7)2;1-3(7)6-4(2-10)5(8)9;1-2/h2-9,15H,10H2,1H3,(H,17,18);2*3-6H,1-2H3;4,10H,2H2,1H3,(H,6,7)(H,8,9);2H2,1H3. The van der Waals surface area contributed by atoms with Crippen LogP contribution in [0.25, 0.3) is 11.1 Å². The number of aliphatic carboxylic acids is 1. The topological polar surface area (TPSA) is 131 Å². The molecule has 0 saturated heterocycles. The van der Waals surface area contributed by atoms with E-state index in [1.54, 1.807) is 7.05 Å². The van der Waals surface area contributed by atoms with Crippen LogP contribution in [0.2, 0.25) is 0 Å². The van der Waals surface area contributed by atoms with Crippen LogP contribution in [0.3, 0.4) is 0 Å². The van der Waals surface area contributed by atoms with Gasteiger partial charge in [-0.1, -0.05) is 97.1 Å². The monoisotopic (exact) mass is 659 g/mol. The van der Waals surface area contributed by atoms with Crippen LogP contribution in [-0.2, 0) is 14.3 Å². The number of carboxylic acids is 1. The first kappa shape index (κ1) is 40.4. The number of fused-ring (bicyclic) bond motifs is 3. The van der Waals surface area contributed by atoms with Gasteiger partial charge in [0.25, 0.3) is 0 Å². The second kappa shape index (κ2) is 22.0. The van der Waals surface area contributed by atoms with E-state index in [-0.39, 0.29) is 23.7 Å². The SMILES string of the molecule is CC(=O)NC(CS)C(=O)O.CN.CNC(=O)OCC1c2ccccc2-c2ccccc21.Cc1ccccc1C.Cc1ccccc1C. The number of carboxylic acid groups (broad SMARTS) is 1. The number of aryl methyl sites for hydroxylation is 4. The van der Waals surface area contributed by atoms with Gasteiger partial charge in [0.2, 0.25) is 5.91 Å². The van der Waals surface area contributed by atoms with Gasteiger partial charge >= 0.3 is 12.1 Å². The molecule has 0 fully saturated rings. The third kappa shape index (κ3) is 13.7. The fourth-order valence-electron chi connectivity index (χ4n) is 4.43. The molecule has 0 heterocycles. The van der Waals surface area contributed by atoms with Gasteiger partial charge in [0, 0.05) is 25.6 Å². The summed E-state index contributed by atoms with van der Waals surface area (Å²) in [5.41, 5.74) is 14.9. The van der Waals surface area contributed by atoms with Crippen molar-refractivity contribution >= 4 is 30.6 Å². The van der Waals surface area contributed by atoms with Crippen molar-refractivity contribution in [2.24, 2.45) is 5.73 Å². The molecule has 8 nitrogen and oxygen atoms in total. The quantitative estimate of drug-likeness (QED) is 0.149. The third-order valence-corrected chi connectivity index (χ3v) is 7.62. The van der Waals surface area contributed by atoms with E-state index in [4.69, 9.17) is 9.84 Å². The second-order valence-corrected chi connectivity index (χ2v) is 10.9. The molecule has 9 heteroatoms. The number of carbonyl (C=O) groups is 3. The third-order valence-electron chi connectivity index (χ3n) is 7.26. The highest BCUT2D eigenvalue weighted by molar-refractivity contribution is 7.80. The van der Waals surface area contributed by atoms with E-state index < -0.39 is 12.0 Å². The molecule has 1 unspecified atom stereocenters. The fourth-order valence-corrected chi connectivity index (χ4v) is 4.67. The lowest BCUT2D eigenvalue weighted by atomic mass is 9.98. The highest BCUT2D eigenvalue weighted by Gasteiger charge is 2.28. The summed E-state index contributed by atoms with van der Waals surface area (Å²) in [4.78, 5) is 31.8. The van der Waals surface area contributed by atoms with Gasteiger partial charge in [0.05, 0.1) is 0 Å². The Morgan fingerprint density at radius 3 is 1.38 bits per heavy atom. The van der Waals surface area contributed by atoms with Crippen LogP contribution in [0.4, 0.5) is 4.79 Å². The number of benzene rings is 4. The number of carbonyl (C=O) groups excluding carboxylic acids is 2. The van der Waals surface area contributed by atoms with Crippen molar-refractivity contribution in [2.75, 3.05) is 26.5 Å². The number of amides is 2. The van der Waals surface area contributed by atoms with Crippen LogP contribution >= 0.6 is 12.6 Å². The Kier molecular flexibility index (Phi) is 18.9. The molecule has 2 amide bonds. The zero-order valence-electron chi connectivity index (χ0n) is 28.4.